The molecule has 0 aliphatic rings. The van der Waals surface area contributed by atoms with Gasteiger partial charge < -0.3 is 9.73 Å². The molecule has 23 heavy (non-hydrogen) atoms. The minimum Gasteiger partial charge on any atom is -0.413 e. The van der Waals surface area contributed by atoms with Crippen molar-refractivity contribution in [2.24, 2.45) is 0 Å². The Bertz CT molecular complexity index is 820. The number of hydrogen-bond acceptors (Lipinski definition) is 6. The Hall–Kier alpha value is -1.64. The standard InChI is InChI=1S/C13H13Cl2N3O4S/c1-23(20,21)13-18-17-11(22-13)3-2-6-16-12(19)9-5-4-8(14)7-10(9)15/h4-5,7H,2-3,6H2,1H3,(H,16,19). The molecule has 10 heteroatoms. The lowest BCUT2D eigenvalue weighted by Gasteiger charge is -2.06. The first-order valence-electron chi connectivity index (χ1n) is 6.53. The lowest BCUT2D eigenvalue weighted by Crippen LogP contribution is -2.25. The summed E-state index contributed by atoms with van der Waals surface area (Å²) in [4.78, 5) is 12.0. The summed E-state index contributed by atoms with van der Waals surface area (Å²) < 4.78 is 27.4. The van der Waals surface area contributed by atoms with E-state index in [9.17, 15) is 13.2 Å². The lowest BCUT2D eigenvalue weighted by molar-refractivity contribution is 0.0953. The van der Waals surface area contributed by atoms with Crippen LogP contribution >= 0.6 is 23.2 Å². The molecular formula is C13H13Cl2N3O4S. The molecule has 0 unspecified atom stereocenters. The Labute approximate surface area is 142 Å². The van der Waals surface area contributed by atoms with E-state index < -0.39 is 15.1 Å². The van der Waals surface area contributed by atoms with E-state index in [1.807, 2.05) is 0 Å². The first kappa shape index (κ1) is 17.7. The molecule has 0 saturated heterocycles. The molecule has 0 radical (unpaired) electrons. The predicted molar refractivity (Wildman–Crippen MR) is 84.5 cm³/mol. The third-order valence-corrected chi connectivity index (χ3v) is 4.14. The SMILES string of the molecule is CS(=O)(=O)c1nnc(CCCNC(=O)c2ccc(Cl)cc2Cl)o1. The third-order valence-electron chi connectivity index (χ3n) is 2.79. The molecule has 1 N–H and O–H groups in total. The maximum atomic E-state index is 12.0. The summed E-state index contributed by atoms with van der Waals surface area (Å²) in [7, 11) is -3.51. The van der Waals surface area contributed by atoms with Gasteiger partial charge in [0.05, 0.1) is 10.6 Å². The van der Waals surface area contributed by atoms with Crippen molar-refractivity contribution in [3.63, 3.8) is 0 Å². The second-order valence-corrected chi connectivity index (χ2v) is 7.45. The average Bonchev–Trinajstić information content (AvgIpc) is 2.92. The van der Waals surface area contributed by atoms with Crippen LogP contribution in [-0.2, 0) is 16.3 Å². The highest BCUT2D eigenvalue weighted by atomic mass is 35.5. The number of aryl methyl sites for hydroxylation is 1. The number of nitrogens with one attached hydrogen (secondary N) is 1. The van der Waals surface area contributed by atoms with Gasteiger partial charge in [0, 0.05) is 24.2 Å². The van der Waals surface area contributed by atoms with Gasteiger partial charge in [-0.25, -0.2) is 8.42 Å². The van der Waals surface area contributed by atoms with E-state index in [-0.39, 0.29) is 16.8 Å². The minimum atomic E-state index is -3.51. The van der Waals surface area contributed by atoms with Gasteiger partial charge in [0.2, 0.25) is 15.7 Å². The van der Waals surface area contributed by atoms with Gasteiger partial charge >= 0.3 is 5.22 Å². The molecule has 124 valence electrons. The predicted octanol–water partition coefficient (Wildman–Crippen LogP) is 2.14. The number of hydrogen-bond donors (Lipinski definition) is 1. The number of aromatic nitrogens is 2. The Morgan fingerprint density at radius 3 is 2.65 bits per heavy atom. The van der Waals surface area contributed by atoms with Gasteiger partial charge in [-0.15, -0.1) is 5.10 Å². The Balaban J connectivity index is 1.83. The normalized spacial score (nSPS) is 11.4. The van der Waals surface area contributed by atoms with E-state index in [1.54, 1.807) is 6.07 Å². The number of carbonyl (C=O) groups excluding carboxylic acids is 1. The highest BCUT2D eigenvalue weighted by molar-refractivity contribution is 7.90. The van der Waals surface area contributed by atoms with Crippen molar-refractivity contribution in [3.8, 4) is 0 Å². The van der Waals surface area contributed by atoms with E-state index in [0.717, 1.165) is 6.26 Å². The number of carbonyl (C=O) groups is 1. The summed E-state index contributed by atoms with van der Waals surface area (Å²) in [5.41, 5.74) is 0.327. The summed E-state index contributed by atoms with van der Waals surface area (Å²) in [5, 5.41) is 10.1. The average molecular weight is 378 g/mol. The zero-order valence-electron chi connectivity index (χ0n) is 12.0. The molecule has 0 spiro atoms. The summed E-state index contributed by atoms with van der Waals surface area (Å²) in [5.74, 6) is -0.127. The largest absolute Gasteiger partial charge is 0.413 e. The van der Waals surface area contributed by atoms with Gasteiger partial charge in [0.15, 0.2) is 0 Å². The molecule has 1 heterocycles. The van der Waals surface area contributed by atoms with Gasteiger partial charge in [0.1, 0.15) is 0 Å². The van der Waals surface area contributed by atoms with Crippen LogP contribution in [0.15, 0.2) is 27.8 Å². The summed E-state index contributed by atoms with van der Waals surface area (Å²) in [6, 6.07) is 4.60. The zero-order valence-corrected chi connectivity index (χ0v) is 14.4. The van der Waals surface area contributed by atoms with Crippen molar-refractivity contribution in [1.82, 2.24) is 15.5 Å². The maximum Gasteiger partial charge on any atom is 0.335 e. The van der Waals surface area contributed by atoms with E-state index in [0.29, 0.717) is 30.0 Å². The van der Waals surface area contributed by atoms with Crippen LogP contribution in [0.4, 0.5) is 0 Å². The van der Waals surface area contributed by atoms with E-state index in [1.165, 1.54) is 12.1 Å². The van der Waals surface area contributed by atoms with Crippen molar-refractivity contribution < 1.29 is 17.6 Å². The second-order valence-electron chi connectivity index (χ2n) is 4.72. The first-order valence-corrected chi connectivity index (χ1v) is 9.18. The molecule has 0 aliphatic carbocycles. The van der Waals surface area contributed by atoms with Gasteiger partial charge in [0.25, 0.3) is 5.91 Å². The van der Waals surface area contributed by atoms with Crippen LogP contribution in [0.5, 0.6) is 0 Å². The van der Waals surface area contributed by atoms with E-state index in [2.05, 4.69) is 15.5 Å². The van der Waals surface area contributed by atoms with Crippen molar-refractivity contribution in [2.45, 2.75) is 18.1 Å². The van der Waals surface area contributed by atoms with Crippen molar-refractivity contribution in [3.05, 3.63) is 39.7 Å². The van der Waals surface area contributed by atoms with Crippen LogP contribution in [0.1, 0.15) is 22.7 Å². The van der Waals surface area contributed by atoms with Crippen molar-refractivity contribution >= 4 is 38.9 Å². The second kappa shape index (κ2) is 7.29. The quantitative estimate of drug-likeness (QED) is 0.773. The highest BCUT2D eigenvalue weighted by Gasteiger charge is 2.16. The van der Waals surface area contributed by atoms with Crippen LogP contribution in [-0.4, -0.2) is 37.3 Å². The maximum absolute atomic E-state index is 12.0. The topological polar surface area (TPSA) is 102 Å². The molecule has 2 aromatic rings. The van der Waals surface area contributed by atoms with Crippen molar-refractivity contribution in [1.29, 1.82) is 0 Å². The van der Waals surface area contributed by atoms with Crippen LogP contribution < -0.4 is 5.32 Å². The van der Waals surface area contributed by atoms with Crippen molar-refractivity contribution in [2.75, 3.05) is 12.8 Å². The van der Waals surface area contributed by atoms with Gasteiger partial charge in [-0.05, 0) is 24.6 Å². The molecule has 0 atom stereocenters. The number of sulfone groups is 1. The van der Waals surface area contributed by atoms with Crippen LogP contribution in [0.25, 0.3) is 0 Å². The number of nitrogens with zero attached hydrogens (tertiary/aromatic N) is 2. The molecular weight excluding hydrogens is 365 g/mol. The number of benzene rings is 1. The van der Waals surface area contributed by atoms with Crippen LogP contribution in [0.3, 0.4) is 0 Å². The lowest BCUT2D eigenvalue weighted by atomic mass is 10.2. The fraction of sp³-hybridized carbons (Fsp3) is 0.308. The molecule has 1 aromatic heterocycles. The monoisotopic (exact) mass is 377 g/mol. The molecule has 1 amide bonds. The molecule has 0 aliphatic heterocycles. The summed E-state index contributed by atoms with van der Waals surface area (Å²) in [6.07, 6.45) is 1.83. The van der Waals surface area contributed by atoms with E-state index >= 15 is 0 Å². The van der Waals surface area contributed by atoms with Gasteiger partial charge in [-0.2, -0.15) is 0 Å². The minimum absolute atomic E-state index is 0.198. The number of halogens is 2. The Morgan fingerprint density at radius 2 is 2.04 bits per heavy atom. The van der Waals surface area contributed by atoms with Crippen LogP contribution in [0, 0.1) is 0 Å². The van der Waals surface area contributed by atoms with Gasteiger partial charge in [-0.1, -0.05) is 28.3 Å². The molecule has 7 nitrogen and oxygen atoms in total. The molecule has 0 fully saturated rings. The van der Waals surface area contributed by atoms with E-state index in [4.69, 9.17) is 27.6 Å². The number of amides is 1. The number of rotatable bonds is 6. The first-order chi connectivity index (χ1) is 10.8. The zero-order chi connectivity index (χ0) is 17.0. The molecule has 1 aromatic carbocycles. The highest BCUT2D eigenvalue weighted by Crippen LogP contribution is 2.20. The smallest absolute Gasteiger partial charge is 0.335 e. The third kappa shape index (κ3) is 4.92. The fourth-order valence-corrected chi connectivity index (χ4v) is 2.63. The molecule has 2 rings (SSSR count). The Kier molecular flexibility index (Phi) is 5.61. The fourth-order valence-electron chi connectivity index (χ4n) is 1.70. The molecule has 0 bridgehead atoms. The summed E-state index contributed by atoms with van der Waals surface area (Å²) >= 11 is 11.7. The molecule has 0 saturated carbocycles. The van der Waals surface area contributed by atoms with Gasteiger partial charge in [-0.3, -0.25) is 4.79 Å². The summed E-state index contributed by atoms with van der Waals surface area (Å²) in [6.45, 7) is 0.342. The van der Waals surface area contributed by atoms with Crippen LogP contribution in [0.2, 0.25) is 10.0 Å². The Morgan fingerprint density at radius 1 is 1.30 bits per heavy atom.